The van der Waals surface area contributed by atoms with E-state index in [4.69, 9.17) is 18.3 Å². The highest BCUT2D eigenvalue weighted by Gasteiger charge is 2.53. The zero-order valence-corrected chi connectivity index (χ0v) is 53.0. The van der Waals surface area contributed by atoms with E-state index >= 15 is 0 Å². The Balaban J connectivity index is 0.000000134. The predicted octanol–water partition coefficient (Wildman–Crippen LogP) is 24.7. The van der Waals surface area contributed by atoms with Gasteiger partial charge in [0.25, 0.3) is 0 Å². The van der Waals surface area contributed by atoms with Crippen LogP contribution < -0.4 is 19.3 Å². The summed E-state index contributed by atoms with van der Waals surface area (Å²) in [7, 11) is 0. The number of fused-ring (bicyclic) bond motifs is 24. The maximum Gasteiger partial charge on any atom is 0.159 e. The fraction of sp³-hybridized carbons (Fsp3) is 0.0217. The highest BCUT2D eigenvalue weighted by atomic mass is 16.5. The molecule has 0 atom stereocenters. The molecule has 0 saturated carbocycles. The monoisotopic (exact) mass is 1250 g/mol. The lowest BCUT2D eigenvalue weighted by Gasteiger charge is -2.39. The normalized spacial score (nSPS) is 13.4. The Morgan fingerprint density at radius 2 is 0.541 bits per heavy atom. The van der Waals surface area contributed by atoms with E-state index < -0.39 is 10.8 Å². The largest absolute Gasteiger partial charge is 0.457 e. The van der Waals surface area contributed by atoms with Gasteiger partial charge in [0.2, 0.25) is 0 Å². The molecule has 0 N–H and O–H groups in total. The number of rotatable bonds is 7. The quantitative estimate of drug-likeness (QED) is 0.158. The van der Waals surface area contributed by atoms with Gasteiger partial charge in [-0.25, -0.2) is 0 Å². The van der Waals surface area contributed by atoms with E-state index in [1.807, 2.05) is 0 Å². The molecule has 2 spiro atoms. The van der Waals surface area contributed by atoms with Crippen LogP contribution in [0.1, 0.15) is 44.5 Å². The molecule has 0 fully saturated rings. The summed E-state index contributed by atoms with van der Waals surface area (Å²) in [6.45, 7) is 0. The predicted molar refractivity (Wildman–Crippen MR) is 397 cm³/mol. The molecule has 17 aromatic rings. The van der Waals surface area contributed by atoms with Gasteiger partial charge < -0.3 is 28.1 Å². The molecule has 4 heterocycles. The van der Waals surface area contributed by atoms with Gasteiger partial charge in [0.05, 0.1) is 22.2 Å². The van der Waals surface area contributed by atoms with Crippen LogP contribution >= 0.6 is 0 Å². The SMILES string of the molecule is c1ccc(-c2cccc(N(c3ccccc3)c3cccc4c3oc3cc5c(cc34)-c3ccccc3C53c4ccccc4Oc4ccccc43)c2)cc1.c1ccc(N(c2ccccc2)c2cccc3c2oc2cc4c(cc23)-c2ccccc2C42c3ccccc3Oc3ccccc32)cc1. The summed E-state index contributed by atoms with van der Waals surface area (Å²) in [5.74, 6) is 3.54. The number of hydrogen-bond donors (Lipinski definition) is 0. The minimum absolute atomic E-state index is 0.534. The molecule has 0 unspecified atom stereocenters. The number of para-hydroxylation sites is 9. The van der Waals surface area contributed by atoms with Gasteiger partial charge >= 0.3 is 0 Å². The fourth-order valence-electron chi connectivity index (χ4n) is 16.6. The standard InChI is InChI=1S/C49H31NO2.C43H27NO2/c1-3-15-32(16-4-1)33-17-13-20-35(29-33)50(34-18-5-2-6-19-34)44-26-14-22-37-39-30-38-36-21-7-8-23-40(36)49(43(38)31-47(39)52-48(37)44)41-24-9-11-27-45(41)51-46-28-12-10-25-42(46)49;1-3-14-28(15-4-1)44(29-16-5-2-6-17-29)38-23-13-19-31-33-26-32-30-18-7-8-20-34(30)43(37(32)27-41(33)46-42(31)38)35-21-9-11-24-39(35)45-40-25-12-10-22-36(40)43/h1-31H;1-27H. The maximum atomic E-state index is 7.08. The minimum Gasteiger partial charge on any atom is -0.457 e. The second kappa shape index (κ2) is 21.8. The molecular weight excluding hydrogens is 1200 g/mol. The van der Waals surface area contributed by atoms with Crippen LogP contribution in [0.5, 0.6) is 23.0 Å². The van der Waals surface area contributed by atoms with Crippen molar-refractivity contribution >= 4 is 78.0 Å². The van der Waals surface area contributed by atoms with Gasteiger partial charge in [0, 0.05) is 66.5 Å². The summed E-state index contributed by atoms with van der Waals surface area (Å²) in [5.41, 5.74) is 25.4. The lowest BCUT2D eigenvalue weighted by Crippen LogP contribution is -2.32. The molecule has 0 amide bonds. The first-order valence-corrected chi connectivity index (χ1v) is 33.5. The first-order valence-electron chi connectivity index (χ1n) is 33.5. The highest BCUT2D eigenvalue weighted by molar-refractivity contribution is 6.14. The number of benzene rings is 15. The first kappa shape index (κ1) is 55.5. The Bertz CT molecular complexity index is 5900. The van der Waals surface area contributed by atoms with Crippen molar-refractivity contribution in [3.8, 4) is 56.4 Å². The number of anilines is 6. The van der Waals surface area contributed by atoms with Gasteiger partial charge in [0.15, 0.2) is 11.2 Å². The van der Waals surface area contributed by atoms with Crippen molar-refractivity contribution in [3.05, 3.63) is 396 Å². The molecule has 2 aromatic heterocycles. The molecular formula is C92H58N2O4. The molecule has 0 bridgehead atoms. The van der Waals surface area contributed by atoms with E-state index in [0.717, 1.165) is 129 Å². The van der Waals surface area contributed by atoms with E-state index in [-0.39, 0.29) is 0 Å². The molecule has 6 nitrogen and oxygen atoms in total. The van der Waals surface area contributed by atoms with E-state index in [0.29, 0.717) is 0 Å². The highest BCUT2D eigenvalue weighted by Crippen LogP contribution is 2.65. The molecule has 0 saturated heterocycles. The molecule has 15 aromatic carbocycles. The van der Waals surface area contributed by atoms with Crippen molar-refractivity contribution in [2.75, 3.05) is 9.80 Å². The van der Waals surface area contributed by atoms with Gasteiger partial charge in [-0.1, -0.05) is 243 Å². The summed E-state index contributed by atoms with van der Waals surface area (Å²) in [6.07, 6.45) is 0. The average molecular weight is 1260 g/mol. The second-order valence-electron chi connectivity index (χ2n) is 25.7. The second-order valence-corrected chi connectivity index (χ2v) is 25.7. The summed E-state index contributed by atoms with van der Waals surface area (Å²) < 4.78 is 27.1. The molecule has 6 heteroatoms. The van der Waals surface area contributed by atoms with E-state index in [9.17, 15) is 0 Å². The Hall–Kier alpha value is -12.9. The van der Waals surface area contributed by atoms with Crippen LogP contribution in [-0.4, -0.2) is 0 Å². The Morgan fingerprint density at radius 1 is 0.214 bits per heavy atom. The van der Waals surface area contributed by atoms with Crippen molar-refractivity contribution in [1.82, 2.24) is 0 Å². The fourth-order valence-corrected chi connectivity index (χ4v) is 16.6. The molecule has 2 aliphatic heterocycles. The molecule has 0 radical (unpaired) electrons. The zero-order chi connectivity index (χ0) is 64.5. The van der Waals surface area contributed by atoms with Crippen LogP contribution in [0.25, 0.3) is 77.3 Å². The van der Waals surface area contributed by atoms with Crippen LogP contribution in [0.3, 0.4) is 0 Å². The topological polar surface area (TPSA) is 51.2 Å². The van der Waals surface area contributed by atoms with Crippen molar-refractivity contribution in [2.24, 2.45) is 0 Å². The molecule has 460 valence electrons. The first-order chi connectivity index (χ1) is 48.6. The Labute approximate surface area is 566 Å². The maximum absolute atomic E-state index is 7.08. The molecule has 4 aliphatic rings. The van der Waals surface area contributed by atoms with Crippen LogP contribution in [0, 0.1) is 0 Å². The lowest BCUT2D eigenvalue weighted by atomic mass is 9.66. The minimum atomic E-state index is -0.554. The van der Waals surface area contributed by atoms with Gasteiger partial charge in [0.1, 0.15) is 34.2 Å². The number of furan rings is 2. The summed E-state index contributed by atoms with van der Waals surface area (Å²) in [4.78, 5) is 4.59. The summed E-state index contributed by atoms with van der Waals surface area (Å²) in [5, 5.41) is 4.39. The van der Waals surface area contributed by atoms with E-state index in [2.05, 4.69) is 362 Å². The third kappa shape index (κ3) is 8.09. The van der Waals surface area contributed by atoms with Gasteiger partial charge in [-0.2, -0.15) is 0 Å². The third-order valence-corrected chi connectivity index (χ3v) is 20.6. The molecule has 2 aliphatic carbocycles. The Kier molecular flexibility index (Phi) is 12.4. The van der Waals surface area contributed by atoms with Crippen molar-refractivity contribution in [1.29, 1.82) is 0 Å². The van der Waals surface area contributed by atoms with Crippen LogP contribution in [-0.2, 0) is 10.8 Å². The molecule has 21 rings (SSSR count). The van der Waals surface area contributed by atoms with Crippen molar-refractivity contribution < 1.29 is 18.3 Å². The van der Waals surface area contributed by atoms with Crippen LogP contribution in [0.4, 0.5) is 34.1 Å². The summed E-state index contributed by atoms with van der Waals surface area (Å²) >= 11 is 0. The Morgan fingerprint density at radius 3 is 0.959 bits per heavy atom. The van der Waals surface area contributed by atoms with Crippen molar-refractivity contribution in [3.63, 3.8) is 0 Å². The van der Waals surface area contributed by atoms with Gasteiger partial charge in [-0.3, -0.25) is 0 Å². The van der Waals surface area contributed by atoms with Gasteiger partial charge in [-0.15, -0.1) is 0 Å². The van der Waals surface area contributed by atoms with Crippen LogP contribution in [0.2, 0.25) is 0 Å². The number of nitrogens with zero attached hydrogens (tertiary/aromatic N) is 2. The number of hydrogen-bond acceptors (Lipinski definition) is 6. The molecule has 98 heavy (non-hydrogen) atoms. The lowest BCUT2D eigenvalue weighted by molar-refractivity contribution is 0.436. The average Bonchev–Trinajstić information content (AvgIpc) is 1.49. The van der Waals surface area contributed by atoms with Gasteiger partial charge in [-0.05, 0) is 165 Å². The smallest absolute Gasteiger partial charge is 0.159 e. The number of ether oxygens (including phenoxy) is 2. The van der Waals surface area contributed by atoms with E-state index in [1.165, 1.54) is 50.1 Å². The zero-order valence-electron chi connectivity index (χ0n) is 53.0. The third-order valence-electron chi connectivity index (χ3n) is 20.6. The summed E-state index contributed by atoms with van der Waals surface area (Å²) in [6, 6.07) is 125. The van der Waals surface area contributed by atoms with Crippen LogP contribution in [0.15, 0.2) is 361 Å². The van der Waals surface area contributed by atoms with Crippen molar-refractivity contribution in [2.45, 2.75) is 10.8 Å². The van der Waals surface area contributed by atoms with E-state index in [1.54, 1.807) is 0 Å².